The Morgan fingerprint density at radius 3 is 2.16 bits per heavy atom. The number of nitrogens with two attached hydrogens (primary N) is 1. The summed E-state index contributed by atoms with van der Waals surface area (Å²) in [7, 11) is -3.52. The molecule has 0 unspecified atom stereocenters. The Labute approximate surface area is 115 Å². The fraction of sp³-hybridized carbons (Fsp3) is 0.571. The number of anilines is 1. The molecule has 2 rings (SSSR count). The largest absolute Gasteiger partial charge is 0.398 e. The fourth-order valence-corrected chi connectivity index (χ4v) is 4.44. The van der Waals surface area contributed by atoms with Crippen molar-refractivity contribution in [2.45, 2.75) is 45.6 Å². The summed E-state index contributed by atoms with van der Waals surface area (Å²) in [5, 5.41) is 0. The molecule has 0 radical (unpaired) electrons. The van der Waals surface area contributed by atoms with Gasteiger partial charge in [-0.05, 0) is 35.4 Å². The number of sulfonamides is 1. The lowest BCUT2D eigenvalue weighted by molar-refractivity contribution is 0.457. The van der Waals surface area contributed by atoms with Gasteiger partial charge in [0.05, 0.1) is 4.90 Å². The molecule has 4 nitrogen and oxygen atoms in total. The Hall–Kier alpha value is -1.07. The van der Waals surface area contributed by atoms with E-state index in [1.807, 2.05) is 0 Å². The van der Waals surface area contributed by atoms with E-state index in [-0.39, 0.29) is 21.8 Å². The van der Waals surface area contributed by atoms with Crippen molar-refractivity contribution in [1.29, 1.82) is 0 Å². The van der Waals surface area contributed by atoms with E-state index >= 15 is 0 Å². The lowest BCUT2D eigenvalue weighted by Gasteiger charge is -2.12. The van der Waals surface area contributed by atoms with Crippen molar-refractivity contribution < 1.29 is 8.42 Å². The molecule has 3 N–H and O–H groups in total. The summed E-state index contributed by atoms with van der Waals surface area (Å²) in [4.78, 5) is 0.269. The Bertz CT molecular complexity index is 604. The minimum Gasteiger partial charge on any atom is -0.398 e. The molecule has 0 amide bonds. The molecule has 1 fully saturated rings. The van der Waals surface area contributed by atoms with Crippen LogP contribution in [0.5, 0.6) is 0 Å². The SMILES string of the molecule is Cc1c(N)cccc1S(=O)(=O)NC1C(C)(C)C1(C)C. The minimum atomic E-state index is -3.52. The van der Waals surface area contributed by atoms with Gasteiger partial charge in [-0.2, -0.15) is 0 Å². The maximum atomic E-state index is 12.5. The molecule has 19 heavy (non-hydrogen) atoms. The van der Waals surface area contributed by atoms with Gasteiger partial charge in [-0.1, -0.05) is 33.8 Å². The van der Waals surface area contributed by atoms with Gasteiger partial charge in [-0.3, -0.25) is 0 Å². The number of benzene rings is 1. The second kappa shape index (κ2) is 3.96. The molecule has 0 bridgehead atoms. The third-order valence-corrected chi connectivity index (χ3v) is 6.48. The highest BCUT2D eigenvalue weighted by Crippen LogP contribution is 2.62. The first kappa shape index (κ1) is 14.3. The molecule has 106 valence electrons. The smallest absolute Gasteiger partial charge is 0.241 e. The van der Waals surface area contributed by atoms with Crippen molar-refractivity contribution >= 4 is 15.7 Å². The molecule has 1 aliphatic rings. The van der Waals surface area contributed by atoms with Crippen LogP contribution in [0.1, 0.15) is 33.3 Å². The summed E-state index contributed by atoms with van der Waals surface area (Å²) in [6.07, 6.45) is 0. The molecule has 0 saturated heterocycles. The number of hydrogen-bond donors (Lipinski definition) is 2. The lowest BCUT2D eigenvalue weighted by Crippen LogP contribution is -2.30. The van der Waals surface area contributed by atoms with Gasteiger partial charge in [0.25, 0.3) is 0 Å². The van der Waals surface area contributed by atoms with E-state index in [1.165, 1.54) is 0 Å². The normalized spacial score (nSPS) is 21.3. The van der Waals surface area contributed by atoms with Crippen molar-refractivity contribution in [3.8, 4) is 0 Å². The molecule has 0 spiro atoms. The van der Waals surface area contributed by atoms with Crippen LogP contribution in [0, 0.1) is 17.8 Å². The summed E-state index contributed by atoms with van der Waals surface area (Å²) < 4.78 is 27.7. The fourth-order valence-electron chi connectivity index (χ4n) is 2.63. The van der Waals surface area contributed by atoms with E-state index in [1.54, 1.807) is 25.1 Å². The van der Waals surface area contributed by atoms with Crippen LogP contribution in [0.25, 0.3) is 0 Å². The van der Waals surface area contributed by atoms with Crippen LogP contribution < -0.4 is 10.5 Å². The number of rotatable bonds is 3. The van der Waals surface area contributed by atoms with E-state index in [4.69, 9.17) is 5.73 Å². The third-order valence-electron chi connectivity index (χ3n) is 4.91. The zero-order chi connectivity index (χ0) is 14.6. The summed E-state index contributed by atoms with van der Waals surface area (Å²) in [6.45, 7) is 10.0. The third kappa shape index (κ3) is 2.05. The standard InChI is InChI=1S/C14H22N2O2S/c1-9-10(15)7-6-8-11(9)19(17,18)16-12-13(2,3)14(12,4)5/h6-8,12,16H,15H2,1-5H3. The lowest BCUT2D eigenvalue weighted by atomic mass is 10.0. The second-order valence-corrected chi connectivity index (χ2v) is 8.15. The molecular weight excluding hydrogens is 260 g/mol. The van der Waals surface area contributed by atoms with Gasteiger partial charge >= 0.3 is 0 Å². The van der Waals surface area contributed by atoms with E-state index < -0.39 is 10.0 Å². The van der Waals surface area contributed by atoms with Crippen LogP contribution in [0.2, 0.25) is 0 Å². The second-order valence-electron chi connectivity index (χ2n) is 6.47. The monoisotopic (exact) mass is 282 g/mol. The Balaban J connectivity index is 2.33. The molecular formula is C14H22N2O2S. The van der Waals surface area contributed by atoms with Gasteiger partial charge in [0.1, 0.15) is 0 Å². The first-order valence-electron chi connectivity index (χ1n) is 6.39. The van der Waals surface area contributed by atoms with Crippen molar-refractivity contribution in [2.75, 3.05) is 5.73 Å². The zero-order valence-electron chi connectivity index (χ0n) is 12.1. The predicted molar refractivity (Wildman–Crippen MR) is 77.3 cm³/mol. The van der Waals surface area contributed by atoms with E-state index in [2.05, 4.69) is 32.4 Å². The van der Waals surface area contributed by atoms with Crippen LogP contribution in [0.15, 0.2) is 23.1 Å². The van der Waals surface area contributed by atoms with Crippen molar-refractivity contribution in [3.05, 3.63) is 23.8 Å². The van der Waals surface area contributed by atoms with Crippen molar-refractivity contribution in [2.24, 2.45) is 10.8 Å². The molecule has 5 heteroatoms. The van der Waals surface area contributed by atoms with Crippen LogP contribution >= 0.6 is 0 Å². The molecule has 0 atom stereocenters. The number of hydrogen-bond acceptors (Lipinski definition) is 3. The molecule has 0 aliphatic heterocycles. The highest BCUT2D eigenvalue weighted by Gasteiger charge is 2.66. The van der Waals surface area contributed by atoms with Gasteiger partial charge in [0.2, 0.25) is 10.0 Å². The molecule has 1 saturated carbocycles. The Morgan fingerprint density at radius 2 is 1.68 bits per heavy atom. The van der Waals surface area contributed by atoms with Gasteiger partial charge in [-0.15, -0.1) is 0 Å². The topological polar surface area (TPSA) is 72.2 Å². The molecule has 1 aromatic carbocycles. The van der Waals surface area contributed by atoms with Crippen LogP contribution in [-0.2, 0) is 10.0 Å². The average molecular weight is 282 g/mol. The zero-order valence-corrected chi connectivity index (χ0v) is 12.9. The minimum absolute atomic E-state index is 0.0334. The predicted octanol–water partition coefficient (Wildman–Crippen LogP) is 2.29. The highest BCUT2D eigenvalue weighted by atomic mass is 32.2. The molecule has 1 aromatic rings. The Morgan fingerprint density at radius 1 is 1.16 bits per heavy atom. The van der Waals surface area contributed by atoms with E-state index in [0.29, 0.717) is 11.3 Å². The van der Waals surface area contributed by atoms with Gasteiger partial charge in [-0.25, -0.2) is 13.1 Å². The summed E-state index contributed by atoms with van der Waals surface area (Å²) >= 11 is 0. The van der Waals surface area contributed by atoms with Gasteiger partial charge in [0, 0.05) is 11.7 Å². The molecule has 0 aromatic heterocycles. The van der Waals surface area contributed by atoms with Crippen LogP contribution in [0.3, 0.4) is 0 Å². The van der Waals surface area contributed by atoms with E-state index in [9.17, 15) is 8.42 Å². The van der Waals surface area contributed by atoms with Crippen molar-refractivity contribution in [1.82, 2.24) is 4.72 Å². The maximum Gasteiger partial charge on any atom is 0.241 e. The Kier molecular flexibility index (Phi) is 2.99. The first-order chi connectivity index (χ1) is 8.52. The molecule has 1 aliphatic carbocycles. The van der Waals surface area contributed by atoms with E-state index in [0.717, 1.165) is 0 Å². The summed E-state index contributed by atoms with van der Waals surface area (Å²) in [5.74, 6) is 0. The molecule has 0 heterocycles. The first-order valence-corrected chi connectivity index (χ1v) is 7.87. The summed E-state index contributed by atoms with van der Waals surface area (Å²) in [6, 6.07) is 4.92. The van der Waals surface area contributed by atoms with Gasteiger partial charge in [0.15, 0.2) is 0 Å². The highest BCUT2D eigenvalue weighted by molar-refractivity contribution is 7.89. The van der Waals surface area contributed by atoms with Crippen LogP contribution in [-0.4, -0.2) is 14.5 Å². The maximum absolute atomic E-state index is 12.5. The quantitative estimate of drug-likeness (QED) is 0.835. The number of nitrogens with one attached hydrogen (secondary N) is 1. The number of nitrogen functional groups attached to an aromatic ring is 1. The van der Waals surface area contributed by atoms with Crippen LogP contribution in [0.4, 0.5) is 5.69 Å². The van der Waals surface area contributed by atoms with Crippen molar-refractivity contribution in [3.63, 3.8) is 0 Å². The average Bonchev–Trinajstić information content (AvgIpc) is 2.64. The van der Waals surface area contributed by atoms with Gasteiger partial charge < -0.3 is 5.73 Å². The summed E-state index contributed by atoms with van der Waals surface area (Å²) in [5.41, 5.74) is 6.81.